The van der Waals surface area contributed by atoms with Crippen molar-refractivity contribution >= 4 is 12.6 Å². The molecule has 1 atom stereocenters. The summed E-state index contributed by atoms with van der Waals surface area (Å²) in [6.45, 7) is 0. The number of alkyl halides is 1. The summed E-state index contributed by atoms with van der Waals surface area (Å²) in [6, 6.07) is 8.74. The minimum Gasteiger partial charge on any atom is -0.229 e. The lowest BCUT2D eigenvalue weighted by Gasteiger charge is -1.96. The predicted molar refractivity (Wildman–Crippen MR) is 37.9 cm³/mol. The molecule has 0 aliphatic rings. The van der Waals surface area contributed by atoms with Crippen LogP contribution in [0.15, 0.2) is 30.3 Å². The van der Waals surface area contributed by atoms with Gasteiger partial charge >= 0.3 is 0 Å². The maximum absolute atomic E-state index is 12.2. The molecule has 0 nitrogen and oxygen atoms in total. The van der Waals surface area contributed by atoms with Crippen LogP contribution in [0.2, 0.25) is 0 Å². The zero-order chi connectivity index (χ0) is 6.69. The molecule has 0 amide bonds. The van der Waals surface area contributed by atoms with Crippen molar-refractivity contribution in [1.29, 1.82) is 0 Å². The molecule has 0 bridgehead atoms. The molecular formula is C7H6FS. The van der Waals surface area contributed by atoms with Crippen molar-refractivity contribution in [2.24, 2.45) is 0 Å². The number of hydrogen-bond donors (Lipinski definition) is 0. The fourth-order valence-electron chi connectivity index (χ4n) is 0.604. The van der Waals surface area contributed by atoms with Gasteiger partial charge < -0.3 is 0 Å². The monoisotopic (exact) mass is 141 g/mol. The van der Waals surface area contributed by atoms with Gasteiger partial charge in [-0.05, 0) is 18.2 Å². The standard InChI is InChI=1S/C7H6FS/c8-7(9)6-4-2-1-3-5-6/h1-5,7H. The molecule has 1 unspecified atom stereocenters. The van der Waals surface area contributed by atoms with Crippen molar-refractivity contribution < 1.29 is 4.39 Å². The molecule has 47 valence electrons. The van der Waals surface area contributed by atoms with Gasteiger partial charge in [-0.1, -0.05) is 30.3 Å². The van der Waals surface area contributed by atoms with E-state index >= 15 is 0 Å². The molecule has 0 N–H and O–H groups in total. The molecule has 1 radical (unpaired) electrons. The molecule has 1 aromatic rings. The molecule has 0 heterocycles. The molecule has 1 aromatic carbocycles. The Morgan fingerprint density at radius 2 is 1.78 bits per heavy atom. The van der Waals surface area contributed by atoms with Crippen LogP contribution >= 0.6 is 12.6 Å². The normalized spacial score (nSPS) is 13.1. The van der Waals surface area contributed by atoms with E-state index < -0.39 is 5.50 Å². The smallest absolute Gasteiger partial charge is 0.180 e. The lowest BCUT2D eigenvalue weighted by Crippen LogP contribution is -1.78. The van der Waals surface area contributed by atoms with Crippen LogP contribution in [0.25, 0.3) is 0 Å². The first-order valence-corrected chi connectivity index (χ1v) is 3.12. The van der Waals surface area contributed by atoms with E-state index in [4.69, 9.17) is 0 Å². The first-order valence-electron chi connectivity index (χ1n) is 2.65. The summed E-state index contributed by atoms with van der Waals surface area (Å²) >= 11 is 4.38. The quantitative estimate of drug-likeness (QED) is 0.564. The van der Waals surface area contributed by atoms with Gasteiger partial charge in [0.15, 0.2) is 5.50 Å². The molecule has 1 rings (SSSR count). The van der Waals surface area contributed by atoms with E-state index in [0.717, 1.165) is 0 Å². The molecule has 0 aliphatic carbocycles. The molecule has 0 spiro atoms. The zero-order valence-corrected chi connectivity index (χ0v) is 5.57. The van der Waals surface area contributed by atoms with Gasteiger partial charge in [-0.3, -0.25) is 0 Å². The number of halogens is 1. The first kappa shape index (κ1) is 6.62. The summed E-state index contributed by atoms with van der Waals surface area (Å²) in [7, 11) is 0. The lowest BCUT2D eigenvalue weighted by molar-refractivity contribution is 0.473. The summed E-state index contributed by atoms with van der Waals surface area (Å²) < 4.78 is 12.2. The van der Waals surface area contributed by atoms with E-state index in [1.165, 1.54) is 0 Å². The van der Waals surface area contributed by atoms with Crippen LogP contribution in [-0.2, 0) is 0 Å². The van der Waals surface area contributed by atoms with Crippen molar-refractivity contribution in [3.05, 3.63) is 35.9 Å². The Labute approximate surface area is 59.1 Å². The largest absolute Gasteiger partial charge is 0.229 e. The third-order valence-electron chi connectivity index (χ3n) is 1.06. The number of rotatable bonds is 1. The van der Waals surface area contributed by atoms with Gasteiger partial charge in [0.2, 0.25) is 0 Å². The Morgan fingerprint density at radius 3 is 2.11 bits per heavy atom. The van der Waals surface area contributed by atoms with Gasteiger partial charge in [-0.15, -0.1) is 0 Å². The molecule has 0 fully saturated rings. The topological polar surface area (TPSA) is 0 Å². The van der Waals surface area contributed by atoms with Crippen LogP contribution in [0.1, 0.15) is 11.1 Å². The van der Waals surface area contributed by atoms with Gasteiger partial charge in [0, 0.05) is 0 Å². The molecule has 0 saturated carbocycles. The minimum atomic E-state index is -1.26. The van der Waals surface area contributed by atoms with Crippen LogP contribution in [0.4, 0.5) is 4.39 Å². The Kier molecular flexibility index (Phi) is 2.11. The molecule has 0 saturated heterocycles. The van der Waals surface area contributed by atoms with E-state index in [-0.39, 0.29) is 0 Å². The maximum Gasteiger partial charge on any atom is 0.180 e. The minimum absolute atomic E-state index is 0.563. The fourth-order valence-corrected chi connectivity index (χ4v) is 0.761. The third-order valence-corrected chi connectivity index (χ3v) is 1.33. The van der Waals surface area contributed by atoms with Crippen LogP contribution in [0, 0.1) is 0 Å². The van der Waals surface area contributed by atoms with Crippen molar-refractivity contribution in [3.8, 4) is 0 Å². The average Bonchev–Trinajstić information content (AvgIpc) is 1.90. The molecule has 9 heavy (non-hydrogen) atoms. The Morgan fingerprint density at radius 1 is 1.22 bits per heavy atom. The van der Waals surface area contributed by atoms with Gasteiger partial charge in [0.05, 0.1) is 0 Å². The number of benzene rings is 1. The maximum atomic E-state index is 12.2. The fraction of sp³-hybridized carbons (Fsp3) is 0.143. The highest BCUT2D eigenvalue weighted by molar-refractivity contribution is 7.80. The summed E-state index contributed by atoms with van der Waals surface area (Å²) in [5, 5.41) is 0. The van der Waals surface area contributed by atoms with Crippen molar-refractivity contribution in [3.63, 3.8) is 0 Å². The van der Waals surface area contributed by atoms with Gasteiger partial charge in [0.1, 0.15) is 0 Å². The Bertz CT molecular complexity index is 172. The van der Waals surface area contributed by atoms with Gasteiger partial charge in [0.25, 0.3) is 0 Å². The van der Waals surface area contributed by atoms with E-state index in [0.29, 0.717) is 5.56 Å². The van der Waals surface area contributed by atoms with Crippen LogP contribution in [0.3, 0.4) is 0 Å². The predicted octanol–water partition coefficient (Wildman–Crippen LogP) is 2.85. The Balaban J connectivity index is 2.85. The van der Waals surface area contributed by atoms with Crippen LogP contribution in [0.5, 0.6) is 0 Å². The molecule has 0 aliphatic heterocycles. The van der Waals surface area contributed by atoms with Crippen molar-refractivity contribution in [2.75, 3.05) is 0 Å². The van der Waals surface area contributed by atoms with E-state index in [1.54, 1.807) is 24.3 Å². The second kappa shape index (κ2) is 2.87. The molecule has 0 aromatic heterocycles. The highest BCUT2D eigenvalue weighted by atomic mass is 32.1. The lowest BCUT2D eigenvalue weighted by atomic mass is 10.2. The van der Waals surface area contributed by atoms with Crippen LogP contribution in [-0.4, -0.2) is 0 Å². The SMILES string of the molecule is FC([S])c1ccccc1. The molecular weight excluding hydrogens is 135 g/mol. The third kappa shape index (κ3) is 1.72. The summed E-state index contributed by atoms with van der Waals surface area (Å²) in [6.07, 6.45) is 0. The van der Waals surface area contributed by atoms with Crippen molar-refractivity contribution in [1.82, 2.24) is 0 Å². The molecule has 2 heteroatoms. The van der Waals surface area contributed by atoms with Crippen molar-refractivity contribution in [2.45, 2.75) is 5.50 Å². The summed E-state index contributed by atoms with van der Waals surface area (Å²) in [4.78, 5) is 0. The van der Waals surface area contributed by atoms with Crippen LogP contribution < -0.4 is 0 Å². The summed E-state index contributed by atoms with van der Waals surface area (Å²) in [5.74, 6) is 0. The summed E-state index contributed by atoms with van der Waals surface area (Å²) in [5.41, 5.74) is -0.696. The average molecular weight is 141 g/mol. The second-order valence-electron chi connectivity index (χ2n) is 1.73. The van der Waals surface area contributed by atoms with E-state index in [1.807, 2.05) is 6.07 Å². The Hall–Kier alpha value is -0.500. The highest BCUT2D eigenvalue weighted by Crippen LogP contribution is 2.19. The van der Waals surface area contributed by atoms with E-state index in [2.05, 4.69) is 12.6 Å². The first-order chi connectivity index (χ1) is 4.30. The van der Waals surface area contributed by atoms with E-state index in [9.17, 15) is 4.39 Å². The van der Waals surface area contributed by atoms with Gasteiger partial charge in [-0.2, -0.15) is 0 Å². The zero-order valence-electron chi connectivity index (χ0n) is 4.75. The number of hydrogen-bond acceptors (Lipinski definition) is 0. The van der Waals surface area contributed by atoms with Gasteiger partial charge in [-0.25, -0.2) is 4.39 Å². The highest BCUT2D eigenvalue weighted by Gasteiger charge is 2.00. The second-order valence-corrected chi connectivity index (χ2v) is 2.14.